The summed E-state index contributed by atoms with van der Waals surface area (Å²) in [6.07, 6.45) is 1.93. The van der Waals surface area contributed by atoms with Crippen molar-refractivity contribution in [3.8, 4) is 22.9 Å². The number of ether oxygens (including phenoxy) is 2. The number of carbonyl (C=O) groups is 2. The van der Waals surface area contributed by atoms with Gasteiger partial charge in [-0.1, -0.05) is 22.8 Å². The van der Waals surface area contributed by atoms with E-state index in [0.29, 0.717) is 41.1 Å². The minimum atomic E-state index is -0.392. The van der Waals surface area contributed by atoms with Gasteiger partial charge in [0.15, 0.2) is 11.5 Å². The van der Waals surface area contributed by atoms with Crippen LogP contribution in [0.15, 0.2) is 47.0 Å². The van der Waals surface area contributed by atoms with E-state index < -0.39 is 6.03 Å². The van der Waals surface area contributed by atoms with Crippen LogP contribution in [-0.4, -0.2) is 39.8 Å². The van der Waals surface area contributed by atoms with Crippen LogP contribution in [0.5, 0.6) is 11.5 Å². The second-order valence-corrected chi connectivity index (χ2v) is 9.18. The number of halogens is 1. The molecule has 6 rings (SSSR count). The maximum Gasteiger partial charge on any atom is 0.324 e. The van der Waals surface area contributed by atoms with Crippen LogP contribution in [0.3, 0.4) is 0 Å². The van der Waals surface area contributed by atoms with Gasteiger partial charge in [0.2, 0.25) is 24.4 Å². The Hall–Kier alpha value is -3.59. The zero-order valence-corrected chi connectivity index (χ0v) is 18.8. The van der Waals surface area contributed by atoms with Crippen LogP contribution in [0.2, 0.25) is 5.02 Å². The molecule has 3 heterocycles. The van der Waals surface area contributed by atoms with Gasteiger partial charge in [-0.25, -0.2) is 4.79 Å². The van der Waals surface area contributed by atoms with E-state index in [1.807, 2.05) is 18.2 Å². The van der Waals surface area contributed by atoms with Crippen LogP contribution >= 0.6 is 11.6 Å². The van der Waals surface area contributed by atoms with Gasteiger partial charge >= 0.3 is 6.03 Å². The fourth-order valence-corrected chi connectivity index (χ4v) is 5.00. The number of aromatic nitrogens is 2. The smallest absolute Gasteiger partial charge is 0.324 e. The molecule has 3 atom stereocenters. The maximum atomic E-state index is 13.2. The Morgan fingerprint density at radius 2 is 1.88 bits per heavy atom. The fraction of sp³-hybridized carbons (Fsp3) is 0.333. The first-order valence-electron chi connectivity index (χ1n) is 11.1. The summed E-state index contributed by atoms with van der Waals surface area (Å²) in [4.78, 5) is 31.9. The van der Waals surface area contributed by atoms with Crippen LogP contribution in [-0.2, 0) is 11.3 Å². The summed E-state index contributed by atoms with van der Waals surface area (Å²) in [5, 5.41) is 7.75. The van der Waals surface area contributed by atoms with E-state index >= 15 is 0 Å². The molecule has 3 aliphatic rings. The molecule has 1 saturated heterocycles. The number of rotatable bonds is 4. The number of hydrogen-bond donors (Lipinski definition) is 1. The monoisotopic (exact) mass is 480 g/mol. The third-order valence-corrected chi connectivity index (χ3v) is 6.91. The zero-order chi connectivity index (χ0) is 23.2. The molecule has 0 bridgehead atoms. The molecule has 0 spiro atoms. The molecule has 2 aliphatic heterocycles. The number of urea groups is 1. The van der Waals surface area contributed by atoms with E-state index in [9.17, 15) is 9.59 Å². The normalized spacial score (nSPS) is 23.6. The predicted molar refractivity (Wildman–Crippen MR) is 120 cm³/mol. The van der Waals surface area contributed by atoms with Gasteiger partial charge in [0.05, 0.1) is 12.5 Å². The molecule has 34 heavy (non-hydrogen) atoms. The fourth-order valence-electron chi connectivity index (χ4n) is 4.88. The second kappa shape index (κ2) is 8.32. The topological polar surface area (TPSA) is 107 Å². The van der Waals surface area contributed by atoms with Gasteiger partial charge in [-0.2, -0.15) is 4.98 Å². The first-order chi connectivity index (χ1) is 16.5. The predicted octanol–water partition coefficient (Wildman–Crippen LogP) is 4.12. The minimum Gasteiger partial charge on any atom is -0.454 e. The molecule has 10 heteroatoms. The average Bonchev–Trinajstić information content (AvgIpc) is 3.51. The second-order valence-electron chi connectivity index (χ2n) is 8.75. The largest absolute Gasteiger partial charge is 0.454 e. The number of amides is 3. The molecule has 174 valence electrons. The molecule has 1 aromatic heterocycles. The highest BCUT2D eigenvalue weighted by atomic mass is 35.5. The summed E-state index contributed by atoms with van der Waals surface area (Å²) in [5.74, 6) is 1.84. The Bertz CT molecular complexity index is 1260. The number of nitrogens with zero attached hydrogens (tertiary/aromatic N) is 3. The van der Waals surface area contributed by atoms with Gasteiger partial charge in [0.25, 0.3) is 0 Å². The molecule has 1 N–H and O–H groups in total. The SMILES string of the molecule is O=C1NC2CC(c3nc(-c4ccc(Cl)cc4)no3)CCC2C(=O)N1Cc1ccc2c(c1)OCO2. The third-order valence-electron chi connectivity index (χ3n) is 6.66. The Morgan fingerprint density at radius 3 is 2.74 bits per heavy atom. The lowest BCUT2D eigenvalue weighted by Crippen LogP contribution is -2.60. The van der Waals surface area contributed by atoms with Crippen molar-refractivity contribution in [2.75, 3.05) is 6.79 Å². The lowest BCUT2D eigenvalue weighted by Gasteiger charge is -2.41. The number of nitrogens with one attached hydrogen (secondary N) is 1. The van der Waals surface area contributed by atoms with Crippen molar-refractivity contribution in [2.24, 2.45) is 5.92 Å². The van der Waals surface area contributed by atoms with Crippen LogP contribution in [0.25, 0.3) is 11.4 Å². The molecular weight excluding hydrogens is 460 g/mol. The van der Waals surface area contributed by atoms with Crippen molar-refractivity contribution in [3.05, 3.63) is 58.9 Å². The van der Waals surface area contributed by atoms with E-state index in [1.165, 1.54) is 4.90 Å². The molecule has 1 saturated carbocycles. The minimum absolute atomic E-state index is 0.0247. The summed E-state index contributed by atoms with van der Waals surface area (Å²) in [5.41, 5.74) is 1.62. The van der Waals surface area contributed by atoms with Gasteiger partial charge in [-0.15, -0.1) is 0 Å². The first kappa shape index (κ1) is 21.0. The van der Waals surface area contributed by atoms with Gasteiger partial charge in [-0.3, -0.25) is 9.69 Å². The third kappa shape index (κ3) is 3.75. The van der Waals surface area contributed by atoms with Crippen molar-refractivity contribution in [3.63, 3.8) is 0 Å². The number of carbonyl (C=O) groups excluding carboxylic acids is 2. The lowest BCUT2D eigenvalue weighted by atomic mass is 9.76. The van der Waals surface area contributed by atoms with Crippen LogP contribution in [0.1, 0.15) is 36.6 Å². The number of hydrogen-bond acceptors (Lipinski definition) is 7. The van der Waals surface area contributed by atoms with E-state index in [0.717, 1.165) is 17.5 Å². The average molecular weight is 481 g/mol. The summed E-state index contributed by atoms with van der Waals surface area (Å²) >= 11 is 5.95. The van der Waals surface area contributed by atoms with Gasteiger partial charge in [-0.05, 0) is 61.2 Å². The molecule has 1 aliphatic carbocycles. The van der Waals surface area contributed by atoms with Crippen molar-refractivity contribution >= 4 is 23.5 Å². The van der Waals surface area contributed by atoms with Crippen molar-refractivity contribution in [1.82, 2.24) is 20.4 Å². The highest BCUT2D eigenvalue weighted by molar-refractivity contribution is 6.30. The molecule has 9 nitrogen and oxygen atoms in total. The molecule has 2 aromatic carbocycles. The number of benzene rings is 2. The van der Waals surface area contributed by atoms with Gasteiger partial charge < -0.3 is 19.3 Å². The van der Waals surface area contributed by atoms with Crippen LogP contribution < -0.4 is 14.8 Å². The van der Waals surface area contributed by atoms with E-state index in [-0.39, 0.29) is 37.1 Å². The van der Waals surface area contributed by atoms with E-state index in [2.05, 4.69) is 15.5 Å². The lowest BCUT2D eigenvalue weighted by molar-refractivity contribution is -0.137. The molecule has 3 aromatic rings. The standard InChI is InChI=1S/C24H21ClN4O5/c25-16-5-2-14(3-6-16)21-27-22(34-28-21)15-4-7-17-18(10-15)26-24(31)29(23(17)30)11-13-1-8-19-20(9-13)33-12-32-19/h1-3,5-6,8-9,15,17-18H,4,7,10-12H2,(H,26,31). The number of imide groups is 1. The molecule has 2 fully saturated rings. The molecule has 3 unspecified atom stereocenters. The highest BCUT2D eigenvalue weighted by Crippen LogP contribution is 2.39. The van der Waals surface area contributed by atoms with E-state index in [4.69, 9.17) is 25.6 Å². The van der Waals surface area contributed by atoms with E-state index in [1.54, 1.807) is 24.3 Å². The summed E-state index contributed by atoms with van der Waals surface area (Å²) in [7, 11) is 0. The highest BCUT2D eigenvalue weighted by Gasteiger charge is 2.45. The molecular formula is C24H21ClN4O5. The van der Waals surface area contributed by atoms with Crippen molar-refractivity contribution < 1.29 is 23.6 Å². The summed E-state index contributed by atoms with van der Waals surface area (Å²) in [6, 6.07) is 12.0. The Labute approximate surface area is 200 Å². The zero-order valence-electron chi connectivity index (χ0n) is 18.1. The quantitative estimate of drug-likeness (QED) is 0.598. The summed E-state index contributed by atoms with van der Waals surface area (Å²) < 4.78 is 16.3. The van der Waals surface area contributed by atoms with Gasteiger partial charge in [0, 0.05) is 22.5 Å². The summed E-state index contributed by atoms with van der Waals surface area (Å²) in [6.45, 7) is 0.357. The van der Waals surface area contributed by atoms with Gasteiger partial charge in [0.1, 0.15) is 0 Å². The number of fused-ring (bicyclic) bond motifs is 2. The Kier molecular flexibility index (Phi) is 5.13. The first-order valence-corrected chi connectivity index (χ1v) is 11.5. The maximum absolute atomic E-state index is 13.2. The van der Waals surface area contributed by atoms with Crippen LogP contribution in [0.4, 0.5) is 4.79 Å². The van der Waals surface area contributed by atoms with Crippen LogP contribution in [0, 0.1) is 5.92 Å². The Morgan fingerprint density at radius 1 is 1.06 bits per heavy atom. The molecule has 0 radical (unpaired) electrons. The Balaban J connectivity index is 1.14. The van der Waals surface area contributed by atoms with Crippen molar-refractivity contribution in [1.29, 1.82) is 0 Å². The molecule has 3 amide bonds. The van der Waals surface area contributed by atoms with Crippen molar-refractivity contribution in [2.45, 2.75) is 37.8 Å².